The highest BCUT2D eigenvalue weighted by atomic mass is 35.5. The van der Waals surface area contributed by atoms with Crippen molar-refractivity contribution in [2.45, 2.75) is 11.7 Å². The summed E-state index contributed by atoms with van der Waals surface area (Å²) in [7, 11) is 1.19. The highest BCUT2D eigenvalue weighted by Crippen LogP contribution is 2.39. The molecule has 0 aromatic heterocycles. The molecule has 4 nitrogen and oxygen atoms in total. The minimum atomic E-state index is -5.16. The third-order valence-corrected chi connectivity index (χ3v) is 2.70. The third kappa shape index (κ3) is 2.23. The van der Waals surface area contributed by atoms with E-state index in [0.717, 1.165) is 18.2 Å². The van der Waals surface area contributed by atoms with Crippen LogP contribution in [0.25, 0.3) is 0 Å². The van der Waals surface area contributed by atoms with E-state index in [1.807, 2.05) is 0 Å². The summed E-state index contributed by atoms with van der Waals surface area (Å²) >= 11 is 5.65. The van der Waals surface area contributed by atoms with Gasteiger partial charge in [0.1, 0.15) is 5.75 Å². The largest absolute Gasteiger partial charge is 0.495 e. The Bertz CT molecular complexity index is 478. The molecule has 0 aliphatic heterocycles. The molecule has 18 heavy (non-hydrogen) atoms. The Morgan fingerprint density at radius 2 is 2.00 bits per heavy atom. The fraction of sp³-hybridized carbons (Fsp3) is 0.300. The van der Waals surface area contributed by atoms with Crippen LogP contribution < -0.4 is 10.5 Å². The maximum Gasteiger partial charge on any atom is 0.421 e. The van der Waals surface area contributed by atoms with Gasteiger partial charge >= 0.3 is 12.1 Å². The van der Waals surface area contributed by atoms with E-state index in [9.17, 15) is 18.0 Å². The summed E-state index contributed by atoms with van der Waals surface area (Å²) in [6.45, 7) is 0. The van der Waals surface area contributed by atoms with E-state index in [4.69, 9.17) is 27.2 Å². The van der Waals surface area contributed by atoms with Crippen LogP contribution in [0.2, 0.25) is 5.02 Å². The Morgan fingerprint density at radius 1 is 1.44 bits per heavy atom. The molecular weight excluding hydrogens is 275 g/mol. The third-order valence-electron chi connectivity index (χ3n) is 2.39. The number of carboxylic acid groups (broad SMARTS) is 1. The van der Waals surface area contributed by atoms with Gasteiger partial charge in [0.05, 0.1) is 12.1 Å². The van der Waals surface area contributed by atoms with E-state index in [-0.39, 0.29) is 10.8 Å². The van der Waals surface area contributed by atoms with Crippen molar-refractivity contribution >= 4 is 17.6 Å². The van der Waals surface area contributed by atoms with Crippen molar-refractivity contribution in [3.8, 4) is 5.75 Å². The van der Waals surface area contributed by atoms with Crippen molar-refractivity contribution in [3.63, 3.8) is 0 Å². The predicted octanol–water partition coefficient (Wildman–Crippen LogP) is 2.15. The Labute approximate surface area is 105 Å². The second kappa shape index (κ2) is 4.66. The molecule has 1 rings (SSSR count). The normalized spacial score (nSPS) is 15.0. The average molecular weight is 284 g/mol. The van der Waals surface area contributed by atoms with Crippen molar-refractivity contribution in [3.05, 3.63) is 28.8 Å². The van der Waals surface area contributed by atoms with Gasteiger partial charge in [0.15, 0.2) is 0 Å². The predicted molar refractivity (Wildman–Crippen MR) is 57.6 cm³/mol. The van der Waals surface area contributed by atoms with Crippen LogP contribution >= 0.6 is 11.6 Å². The lowest BCUT2D eigenvalue weighted by atomic mass is 9.90. The molecule has 0 saturated carbocycles. The molecule has 0 bridgehead atoms. The van der Waals surface area contributed by atoms with Crippen LogP contribution in [0.4, 0.5) is 13.2 Å². The van der Waals surface area contributed by atoms with E-state index in [2.05, 4.69) is 0 Å². The number of rotatable bonds is 3. The second-order valence-electron chi connectivity index (χ2n) is 3.46. The van der Waals surface area contributed by atoms with Crippen molar-refractivity contribution in [1.82, 2.24) is 0 Å². The SMILES string of the molecule is COc1cc(C(N)(C(=O)O)C(F)(F)F)ccc1Cl. The van der Waals surface area contributed by atoms with Gasteiger partial charge in [-0.15, -0.1) is 0 Å². The van der Waals surface area contributed by atoms with Gasteiger partial charge in [-0.25, -0.2) is 4.79 Å². The lowest BCUT2D eigenvalue weighted by molar-refractivity contribution is -0.204. The number of carboxylic acids is 1. The zero-order valence-electron chi connectivity index (χ0n) is 9.08. The maximum absolute atomic E-state index is 12.8. The monoisotopic (exact) mass is 283 g/mol. The van der Waals surface area contributed by atoms with E-state index in [1.165, 1.54) is 7.11 Å². The Kier molecular flexibility index (Phi) is 3.78. The summed E-state index contributed by atoms with van der Waals surface area (Å²) in [5, 5.41) is 8.79. The first-order chi connectivity index (χ1) is 8.14. The minimum Gasteiger partial charge on any atom is -0.495 e. The molecule has 1 atom stereocenters. The summed E-state index contributed by atoms with van der Waals surface area (Å²) in [4.78, 5) is 10.8. The number of methoxy groups -OCH3 is 1. The molecule has 0 heterocycles. The molecule has 0 spiro atoms. The van der Waals surface area contributed by atoms with Crippen molar-refractivity contribution < 1.29 is 27.8 Å². The molecule has 0 aliphatic rings. The number of alkyl halides is 3. The number of carbonyl (C=O) groups is 1. The van der Waals surface area contributed by atoms with Crippen LogP contribution in [0.15, 0.2) is 18.2 Å². The number of halogens is 4. The topological polar surface area (TPSA) is 72.5 Å². The summed E-state index contributed by atoms with van der Waals surface area (Å²) in [5.74, 6) is -2.30. The van der Waals surface area contributed by atoms with E-state index in [0.29, 0.717) is 0 Å². The first kappa shape index (κ1) is 14.6. The van der Waals surface area contributed by atoms with Crippen molar-refractivity contribution in [1.29, 1.82) is 0 Å². The molecule has 0 saturated heterocycles. The summed E-state index contributed by atoms with van der Waals surface area (Å²) in [6.07, 6.45) is -5.16. The molecule has 3 N–H and O–H groups in total. The maximum atomic E-state index is 12.8. The molecule has 0 radical (unpaired) electrons. The van der Waals surface area contributed by atoms with E-state index < -0.39 is 23.2 Å². The zero-order chi connectivity index (χ0) is 14.1. The average Bonchev–Trinajstić information content (AvgIpc) is 2.26. The fourth-order valence-corrected chi connectivity index (χ4v) is 1.51. The van der Waals surface area contributed by atoms with Gasteiger partial charge in [0, 0.05) is 0 Å². The van der Waals surface area contributed by atoms with Crippen LogP contribution in [0.3, 0.4) is 0 Å². The molecule has 100 valence electrons. The summed E-state index contributed by atoms with van der Waals surface area (Å²) in [5.41, 5.74) is 0.817. The van der Waals surface area contributed by atoms with Crippen LogP contribution in [-0.2, 0) is 10.3 Å². The highest BCUT2D eigenvalue weighted by Gasteiger charge is 2.59. The second-order valence-corrected chi connectivity index (χ2v) is 3.87. The van der Waals surface area contributed by atoms with Gasteiger partial charge in [0.25, 0.3) is 0 Å². The quantitative estimate of drug-likeness (QED) is 0.891. The molecule has 1 unspecified atom stereocenters. The molecule has 8 heteroatoms. The van der Waals surface area contributed by atoms with Crippen LogP contribution in [0.1, 0.15) is 5.56 Å². The van der Waals surface area contributed by atoms with Crippen molar-refractivity contribution in [2.75, 3.05) is 7.11 Å². The van der Waals surface area contributed by atoms with Gasteiger partial charge in [-0.05, 0) is 17.7 Å². The van der Waals surface area contributed by atoms with Crippen molar-refractivity contribution in [2.24, 2.45) is 5.73 Å². The van der Waals surface area contributed by atoms with E-state index >= 15 is 0 Å². The Hall–Kier alpha value is -1.47. The Morgan fingerprint density at radius 3 is 2.39 bits per heavy atom. The standard InChI is InChI=1S/C10H9ClF3NO3/c1-18-7-4-5(2-3-6(7)11)9(15,8(16)17)10(12,13)14/h2-4H,15H2,1H3,(H,16,17). The van der Waals surface area contributed by atoms with Gasteiger partial charge in [-0.3, -0.25) is 0 Å². The smallest absolute Gasteiger partial charge is 0.421 e. The molecular formula is C10H9ClF3NO3. The molecule has 0 fully saturated rings. The fourth-order valence-electron chi connectivity index (χ4n) is 1.31. The zero-order valence-corrected chi connectivity index (χ0v) is 9.84. The summed E-state index contributed by atoms with van der Waals surface area (Å²) < 4.78 is 43.1. The molecule has 1 aromatic rings. The lowest BCUT2D eigenvalue weighted by Gasteiger charge is -2.28. The van der Waals surface area contributed by atoms with Crippen LogP contribution in [-0.4, -0.2) is 24.4 Å². The number of nitrogens with two attached hydrogens (primary N) is 1. The summed E-state index contributed by atoms with van der Waals surface area (Å²) in [6, 6.07) is 2.84. The van der Waals surface area contributed by atoms with Crippen LogP contribution in [0.5, 0.6) is 5.75 Å². The number of hydrogen-bond acceptors (Lipinski definition) is 3. The lowest BCUT2D eigenvalue weighted by Crippen LogP contribution is -2.56. The first-order valence-corrected chi connectivity index (χ1v) is 4.95. The molecule has 0 aliphatic carbocycles. The van der Waals surface area contributed by atoms with Gasteiger partial charge in [-0.1, -0.05) is 17.7 Å². The highest BCUT2D eigenvalue weighted by molar-refractivity contribution is 6.32. The van der Waals surface area contributed by atoms with Gasteiger partial charge < -0.3 is 15.6 Å². The van der Waals surface area contributed by atoms with E-state index in [1.54, 1.807) is 0 Å². The number of benzene rings is 1. The van der Waals surface area contributed by atoms with Crippen LogP contribution in [0, 0.1) is 0 Å². The minimum absolute atomic E-state index is 0.0520. The number of aliphatic carboxylic acids is 1. The number of hydrogen-bond donors (Lipinski definition) is 2. The van der Waals surface area contributed by atoms with Gasteiger partial charge in [0.2, 0.25) is 5.54 Å². The van der Waals surface area contributed by atoms with Gasteiger partial charge in [-0.2, -0.15) is 13.2 Å². The first-order valence-electron chi connectivity index (χ1n) is 4.57. The molecule has 1 aromatic carbocycles. The number of ether oxygens (including phenoxy) is 1. The Balaban J connectivity index is 3.45. The molecule has 0 amide bonds.